The zero-order chi connectivity index (χ0) is 19.1. The highest BCUT2D eigenvalue weighted by molar-refractivity contribution is 5.34. The first-order valence-corrected chi connectivity index (χ1v) is 10.7. The van der Waals surface area contributed by atoms with Gasteiger partial charge in [0.15, 0.2) is 0 Å². The zero-order valence-corrected chi connectivity index (χ0v) is 16.6. The van der Waals surface area contributed by atoms with Crippen molar-refractivity contribution >= 4 is 0 Å². The molecular weight excluding hydrogens is 348 g/mol. The number of rotatable bonds is 5. The molecule has 0 amide bonds. The van der Waals surface area contributed by atoms with E-state index in [-0.39, 0.29) is 0 Å². The highest BCUT2D eigenvalue weighted by atomic mass is 16.5. The van der Waals surface area contributed by atoms with Crippen LogP contribution in [0.1, 0.15) is 36.8 Å². The van der Waals surface area contributed by atoms with Crippen molar-refractivity contribution in [2.75, 3.05) is 26.2 Å². The van der Waals surface area contributed by atoms with E-state index in [4.69, 9.17) is 4.74 Å². The quantitative estimate of drug-likeness (QED) is 0.857. The van der Waals surface area contributed by atoms with Crippen LogP contribution in [0.15, 0.2) is 48.5 Å². The van der Waals surface area contributed by atoms with Crippen molar-refractivity contribution in [3.05, 3.63) is 59.7 Å². The molecule has 4 aliphatic heterocycles. The van der Waals surface area contributed by atoms with Gasteiger partial charge in [-0.3, -0.25) is 9.80 Å². The molecule has 4 aliphatic rings. The van der Waals surface area contributed by atoms with Gasteiger partial charge in [0.1, 0.15) is 11.5 Å². The third kappa shape index (κ3) is 3.19. The number of benzene rings is 2. The number of aromatic hydroxyl groups is 1. The van der Waals surface area contributed by atoms with Crippen molar-refractivity contribution in [3.63, 3.8) is 0 Å². The molecule has 4 heteroatoms. The molecule has 0 aliphatic carbocycles. The minimum atomic E-state index is 0.384. The van der Waals surface area contributed by atoms with Gasteiger partial charge < -0.3 is 9.84 Å². The molecule has 0 spiro atoms. The summed E-state index contributed by atoms with van der Waals surface area (Å²) in [5, 5.41) is 10.0. The maximum absolute atomic E-state index is 10.0. The lowest BCUT2D eigenvalue weighted by molar-refractivity contribution is -0.00870. The van der Waals surface area contributed by atoms with Crippen LogP contribution in [0.2, 0.25) is 0 Å². The largest absolute Gasteiger partial charge is 0.508 e. The number of fused-ring (bicyclic) bond motifs is 2. The fourth-order valence-corrected chi connectivity index (χ4v) is 5.86. The van der Waals surface area contributed by atoms with Crippen molar-refractivity contribution < 1.29 is 9.84 Å². The summed E-state index contributed by atoms with van der Waals surface area (Å²) < 4.78 is 5.60. The zero-order valence-electron chi connectivity index (χ0n) is 16.6. The van der Waals surface area contributed by atoms with Gasteiger partial charge in [0.25, 0.3) is 0 Å². The van der Waals surface area contributed by atoms with Gasteiger partial charge in [0, 0.05) is 31.1 Å². The molecule has 2 aromatic rings. The SMILES string of the molecule is CCOc1ccc(CN2C[C@H](c3cccc(O)c3)[C@H]3[C@@H]2C2CCN3CC2)cc1. The molecule has 2 bridgehead atoms. The van der Waals surface area contributed by atoms with Crippen molar-refractivity contribution in [3.8, 4) is 11.5 Å². The Hall–Kier alpha value is -2.04. The molecule has 2 aromatic carbocycles. The number of likely N-dealkylation sites (tertiary alicyclic amines) is 1. The third-order valence-electron chi connectivity index (χ3n) is 7.01. The van der Waals surface area contributed by atoms with Gasteiger partial charge in [-0.25, -0.2) is 0 Å². The third-order valence-corrected chi connectivity index (χ3v) is 7.01. The summed E-state index contributed by atoms with van der Waals surface area (Å²) in [6.07, 6.45) is 2.65. The van der Waals surface area contributed by atoms with E-state index in [2.05, 4.69) is 40.1 Å². The van der Waals surface area contributed by atoms with Gasteiger partial charge in [-0.1, -0.05) is 24.3 Å². The molecule has 0 aromatic heterocycles. The Bertz CT molecular complexity index is 814. The van der Waals surface area contributed by atoms with Gasteiger partial charge in [0.2, 0.25) is 0 Å². The van der Waals surface area contributed by atoms with Crippen LogP contribution < -0.4 is 4.74 Å². The van der Waals surface area contributed by atoms with Crippen LogP contribution in [-0.2, 0) is 6.54 Å². The Morgan fingerprint density at radius 1 is 1.04 bits per heavy atom. The maximum Gasteiger partial charge on any atom is 0.119 e. The molecule has 4 saturated heterocycles. The first-order chi connectivity index (χ1) is 13.7. The topological polar surface area (TPSA) is 35.9 Å². The number of hydrogen-bond donors (Lipinski definition) is 1. The van der Waals surface area contributed by atoms with Crippen molar-refractivity contribution in [1.29, 1.82) is 0 Å². The maximum atomic E-state index is 10.0. The standard InChI is InChI=1S/C24H30N2O2/c1-2-28-21-8-6-17(7-9-21)15-26-16-22(19-4-3-5-20(27)14-19)24-23(26)18-10-12-25(24)13-11-18/h3-9,14,18,22-24,27H,2,10-13,15-16H2,1H3/t22-,23+,24+/m1/s1. The summed E-state index contributed by atoms with van der Waals surface area (Å²) in [5.41, 5.74) is 2.65. The van der Waals surface area contributed by atoms with Crippen molar-refractivity contribution in [2.24, 2.45) is 5.92 Å². The molecule has 148 valence electrons. The van der Waals surface area contributed by atoms with Gasteiger partial charge in [-0.2, -0.15) is 0 Å². The second-order valence-electron chi connectivity index (χ2n) is 8.56. The smallest absolute Gasteiger partial charge is 0.119 e. The van der Waals surface area contributed by atoms with Gasteiger partial charge in [-0.05, 0) is 74.2 Å². The van der Waals surface area contributed by atoms with E-state index in [9.17, 15) is 5.11 Å². The van der Waals surface area contributed by atoms with Crippen LogP contribution in [0.5, 0.6) is 11.5 Å². The predicted molar refractivity (Wildman–Crippen MR) is 111 cm³/mol. The summed E-state index contributed by atoms with van der Waals surface area (Å²) in [4.78, 5) is 5.43. The molecule has 4 heterocycles. The van der Waals surface area contributed by atoms with Gasteiger partial charge in [-0.15, -0.1) is 0 Å². The van der Waals surface area contributed by atoms with Crippen LogP contribution in [0, 0.1) is 5.92 Å². The summed E-state index contributed by atoms with van der Waals surface area (Å²) >= 11 is 0. The molecular formula is C24H30N2O2. The van der Waals surface area contributed by atoms with Crippen LogP contribution in [0.25, 0.3) is 0 Å². The molecule has 3 atom stereocenters. The Balaban J connectivity index is 1.41. The number of ether oxygens (including phenoxy) is 1. The lowest BCUT2D eigenvalue weighted by Gasteiger charge is -2.51. The fourth-order valence-electron chi connectivity index (χ4n) is 5.86. The van der Waals surface area contributed by atoms with E-state index in [0.717, 1.165) is 24.8 Å². The van der Waals surface area contributed by atoms with E-state index >= 15 is 0 Å². The highest BCUT2D eigenvalue weighted by Gasteiger charge is 2.53. The molecule has 1 N–H and O–H groups in total. The number of piperidine rings is 3. The fraction of sp³-hybridized carbons (Fsp3) is 0.500. The van der Waals surface area contributed by atoms with Crippen molar-refractivity contribution in [1.82, 2.24) is 9.80 Å². The minimum absolute atomic E-state index is 0.384. The van der Waals surface area contributed by atoms with E-state index in [1.165, 1.54) is 37.1 Å². The first kappa shape index (κ1) is 18.0. The molecule has 0 unspecified atom stereocenters. The summed E-state index contributed by atoms with van der Waals surface area (Å²) in [5.74, 6) is 2.61. The van der Waals surface area contributed by atoms with E-state index < -0.39 is 0 Å². The van der Waals surface area contributed by atoms with Crippen LogP contribution in [-0.4, -0.2) is 53.2 Å². The first-order valence-electron chi connectivity index (χ1n) is 10.7. The number of hydrogen-bond acceptors (Lipinski definition) is 4. The number of phenolic OH excluding ortho intramolecular Hbond substituents is 1. The second kappa shape index (κ2) is 7.41. The van der Waals surface area contributed by atoms with E-state index in [1.54, 1.807) is 6.07 Å². The second-order valence-corrected chi connectivity index (χ2v) is 8.56. The summed E-state index contributed by atoms with van der Waals surface area (Å²) in [7, 11) is 0. The molecule has 4 nitrogen and oxygen atoms in total. The number of phenols is 1. The summed E-state index contributed by atoms with van der Waals surface area (Å²) in [6, 6.07) is 17.8. The average Bonchev–Trinajstić information content (AvgIpc) is 3.12. The monoisotopic (exact) mass is 378 g/mol. The van der Waals surface area contributed by atoms with E-state index in [0.29, 0.717) is 30.4 Å². The molecule has 28 heavy (non-hydrogen) atoms. The van der Waals surface area contributed by atoms with Crippen LogP contribution in [0.3, 0.4) is 0 Å². The molecule has 6 rings (SSSR count). The molecule has 0 radical (unpaired) electrons. The predicted octanol–water partition coefficient (Wildman–Crippen LogP) is 3.85. The normalized spacial score (nSPS) is 31.7. The Labute approximate surface area is 167 Å². The number of nitrogens with zero attached hydrogens (tertiary/aromatic N) is 2. The van der Waals surface area contributed by atoms with Crippen LogP contribution >= 0.6 is 0 Å². The van der Waals surface area contributed by atoms with Crippen molar-refractivity contribution in [2.45, 2.75) is 44.3 Å². The molecule has 0 saturated carbocycles. The summed E-state index contributed by atoms with van der Waals surface area (Å²) in [6.45, 7) is 7.26. The molecule has 4 fully saturated rings. The van der Waals surface area contributed by atoms with Crippen LogP contribution in [0.4, 0.5) is 0 Å². The van der Waals surface area contributed by atoms with Gasteiger partial charge >= 0.3 is 0 Å². The Kier molecular flexibility index (Phi) is 4.77. The Morgan fingerprint density at radius 3 is 2.54 bits per heavy atom. The van der Waals surface area contributed by atoms with E-state index in [1.807, 2.05) is 19.1 Å². The lowest BCUT2D eigenvalue weighted by atomic mass is 9.75. The lowest BCUT2D eigenvalue weighted by Crippen LogP contribution is -2.59. The Morgan fingerprint density at radius 2 is 1.82 bits per heavy atom. The minimum Gasteiger partial charge on any atom is -0.508 e. The average molecular weight is 379 g/mol. The van der Waals surface area contributed by atoms with Gasteiger partial charge in [0.05, 0.1) is 6.61 Å². The highest BCUT2D eigenvalue weighted by Crippen LogP contribution is 2.47.